The minimum Gasteiger partial charge on any atom is -0.326 e. The van der Waals surface area contributed by atoms with E-state index in [0.717, 1.165) is 4.88 Å². The van der Waals surface area contributed by atoms with Gasteiger partial charge in [-0.3, -0.25) is 4.31 Å². The number of hydrogen-bond acceptors (Lipinski definition) is 5. The molecule has 2 aromatic rings. The molecule has 0 aliphatic heterocycles. The Morgan fingerprint density at radius 2 is 2.11 bits per heavy atom. The summed E-state index contributed by atoms with van der Waals surface area (Å²) in [5.41, 5.74) is 5.48. The maximum atomic E-state index is 12.3. The minimum atomic E-state index is -3.55. The van der Waals surface area contributed by atoms with Crippen molar-refractivity contribution in [2.75, 3.05) is 11.4 Å². The number of nitrogens with zero attached hydrogens (tertiary/aromatic N) is 2. The van der Waals surface area contributed by atoms with E-state index in [0.29, 0.717) is 12.4 Å². The third kappa shape index (κ3) is 2.38. The standard InChI is InChI=1S/C11H13N3O2S2/c1-14(10-4-2-3-7-13-10)18(15,16)11-6-5-9(8-12)17-11/h2-7H,8,12H2,1H3. The van der Waals surface area contributed by atoms with Gasteiger partial charge in [0.05, 0.1) is 0 Å². The molecule has 2 aromatic heterocycles. The highest BCUT2D eigenvalue weighted by Gasteiger charge is 2.23. The Labute approximate surface area is 110 Å². The van der Waals surface area contributed by atoms with Crippen LogP contribution in [-0.2, 0) is 16.6 Å². The van der Waals surface area contributed by atoms with E-state index >= 15 is 0 Å². The fraction of sp³-hybridized carbons (Fsp3) is 0.182. The number of anilines is 1. The lowest BCUT2D eigenvalue weighted by Crippen LogP contribution is -2.26. The highest BCUT2D eigenvalue weighted by Crippen LogP contribution is 2.26. The molecule has 0 bridgehead atoms. The van der Waals surface area contributed by atoms with Crippen LogP contribution in [0.15, 0.2) is 40.7 Å². The molecule has 0 saturated heterocycles. The zero-order valence-electron chi connectivity index (χ0n) is 9.78. The molecular formula is C11H13N3O2S2. The molecule has 2 N–H and O–H groups in total. The second kappa shape index (κ2) is 5.05. The topological polar surface area (TPSA) is 76.3 Å². The lowest BCUT2D eigenvalue weighted by Gasteiger charge is -2.16. The fourth-order valence-corrected chi connectivity index (χ4v) is 3.96. The number of rotatable bonds is 4. The van der Waals surface area contributed by atoms with Crippen LogP contribution >= 0.6 is 11.3 Å². The van der Waals surface area contributed by atoms with E-state index < -0.39 is 10.0 Å². The molecular weight excluding hydrogens is 270 g/mol. The molecule has 2 heterocycles. The maximum Gasteiger partial charge on any atom is 0.274 e. The van der Waals surface area contributed by atoms with Gasteiger partial charge in [-0.25, -0.2) is 13.4 Å². The third-order valence-electron chi connectivity index (χ3n) is 2.42. The Bertz CT molecular complexity index is 623. The van der Waals surface area contributed by atoms with Gasteiger partial charge in [0.2, 0.25) is 0 Å². The van der Waals surface area contributed by atoms with Crippen molar-refractivity contribution in [2.45, 2.75) is 10.8 Å². The van der Waals surface area contributed by atoms with Crippen molar-refractivity contribution in [3.63, 3.8) is 0 Å². The predicted octanol–water partition coefficient (Wildman–Crippen LogP) is 1.43. The van der Waals surface area contributed by atoms with Crippen LogP contribution in [0.2, 0.25) is 0 Å². The second-order valence-electron chi connectivity index (χ2n) is 3.59. The van der Waals surface area contributed by atoms with Crippen molar-refractivity contribution in [1.29, 1.82) is 0 Å². The lowest BCUT2D eigenvalue weighted by molar-refractivity contribution is 0.596. The Morgan fingerprint density at radius 3 is 2.67 bits per heavy atom. The van der Waals surface area contributed by atoms with Gasteiger partial charge in [-0.15, -0.1) is 11.3 Å². The molecule has 0 aromatic carbocycles. The Balaban J connectivity index is 2.37. The van der Waals surface area contributed by atoms with Gasteiger partial charge in [0.25, 0.3) is 10.0 Å². The van der Waals surface area contributed by atoms with E-state index in [1.807, 2.05) is 0 Å². The zero-order valence-corrected chi connectivity index (χ0v) is 11.4. The van der Waals surface area contributed by atoms with Crippen LogP contribution in [0.1, 0.15) is 4.88 Å². The maximum absolute atomic E-state index is 12.3. The van der Waals surface area contributed by atoms with Crippen molar-refractivity contribution in [3.8, 4) is 0 Å². The first-order valence-corrected chi connectivity index (χ1v) is 7.50. The van der Waals surface area contributed by atoms with Crippen molar-refractivity contribution in [1.82, 2.24) is 4.98 Å². The second-order valence-corrected chi connectivity index (χ2v) is 6.95. The largest absolute Gasteiger partial charge is 0.326 e. The van der Waals surface area contributed by atoms with Crippen LogP contribution in [0.3, 0.4) is 0 Å². The summed E-state index contributed by atoms with van der Waals surface area (Å²) in [6.07, 6.45) is 1.56. The van der Waals surface area contributed by atoms with Gasteiger partial charge in [-0.1, -0.05) is 6.07 Å². The molecule has 0 fully saturated rings. The zero-order chi connectivity index (χ0) is 13.2. The average Bonchev–Trinajstić information content (AvgIpc) is 2.88. The van der Waals surface area contributed by atoms with E-state index in [-0.39, 0.29) is 4.21 Å². The van der Waals surface area contributed by atoms with Crippen molar-refractivity contribution >= 4 is 27.2 Å². The van der Waals surface area contributed by atoms with E-state index in [9.17, 15) is 8.42 Å². The minimum absolute atomic E-state index is 0.274. The fourth-order valence-electron chi connectivity index (χ4n) is 1.40. The van der Waals surface area contributed by atoms with Gasteiger partial charge in [0.15, 0.2) is 0 Å². The molecule has 0 aliphatic rings. The Kier molecular flexibility index (Phi) is 3.65. The Hall–Kier alpha value is -1.44. The molecule has 0 aliphatic carbocycles. The number of aromatic nitrogens is 1. The van der Waals surface area contributed by atoms with Crippen LogP contribution < -0.4 is 10.0 Å². The summed E-state index contributed by atoms with van der Waals surface area (Å²) in [5.74, 6) is 0.389. The van der Waals surface area contributed by atoms with Gasteiger partial charge < -0.3 is 5.73 Å². The monoisotopic (exact) mass is 283 g/mol. The van der Waals surface area contributed by atoms with Crippen molar-refractivity contribution in [3.05, 3.63) is 41.4 Å². The van der Waals surface area contributed by atoms with Crippen LogP contribution in [0, 0.1) is 0 Å². The van der Waals surface area contributed by atoms with Crippen molar-refractivity contribution in [2.24, 2.45) is 5.73 Å². The highest BCUT2D eigenvalue weighted by atomic mass is 32.2. The van der Waals surface area contributed by atoms with Crippen LogP contribution in [0.4, 0.5) is 5.82 Å². The molecule has 0 spiro atoms. The summed E-state index contributed by atoms with van der Waals surface area (Å²) in [4.78, 5) is 4.86. The molecule has 0 radical (unpaired) electrons. The summed E-state index contributed by atoms with van der Waals surface area (Å²) >= 11 is 1.18. The Morgan fingerprint density at radius 1 is 1.33 bits per heavy atom. The normalized spacial score (nSPS) is 11.4. The first kappa shape index (κ1) is 13.0. The molecule has 18 heavy (non-hydrogen) atoms. The molecule has 96 valence electrons. The molecule has 0 atom stereocenters. The van der Waals surface area contributed by atoms with Gasteiger partial charge in [0, 0.05) is 24.7 Å². The van der Waals surface area contributed by atoms with Gasteiger partial charge in [0.1, 0.15) is 10.0 Å². The van der Waals surface area contributed by atoms with E-state index in [4.69, 9.17) is 5.73 Å². The quantitative estimate of drug-likeness (QED) is 0.921. The van der Waals surface area contributed by atoms with E-state index in [2.05, 4.69) is 4.98 Å². The molecule has 7 heteroatoms. The highest BCUT2D eigenvalue weighted by molar-refractivity contribution is 7.94. The first-order valence-electron chi connectivity index (χ1n) is 5.24. The lowest BCUT2D eigenvalue weighted by atomic mass is 10.5. The van der Waals surface area contributed by atoms with Gasteiger partial charge in [-0.05, 0) is 24.3 Å². The summed E-state index contributed by atoms with van der Waals surface area (Å²) in [7, 11) is -2.06. The summed E-state index contributed by atoms with van der Waals surface area (Å²) in [6.45, 7) is 0.341. The molecule has 5 nitrogen and oxygen atoms in total. The van der Waals surface area contributed by atoms with Gasteiger partial charge in [-0.2, -0.15) is 0 Å². The molecule has 0 unspecified atom stereocenters. The van der Waals surface area contributed by atoms with Crippen molar-refractivity contribution < 1.29 is 8.42 Å². The number of sulfonamides is 1. The van der Waals surface area contributed by atoms with Crippen LogP contribution in [-0.4, -0.2) is 20.4 Å². The number of hydrogen-bond donors (Lipinski definition) is 1. The number of pyridine rings is 1. The van der Waals surface area contributed by atoms with Gasteiger partial charge >= 0.3 is 0 Å². The number of nitrogens with two attached hydrogens (primary N) is 1. The first-order chi connectivity index (χ1) is 8.55. The smallest absolute Gasteiger partial charge is 0.274 e. The van der Waals surface area contributed by atoms with E-state index in [1.165, 1.54) is 22.7 Å². The molecule has 2 rings (SSSR count). The van der Waals surface area contributed by atoms with Crippen LogP contribution in [0.25, 0.3) is 0 Å². The number of thiophene rings is 1. The SMILES string of the molecule is CN(c1ccccn1)S(=O)(=O)c1ccc(CN)s1. The molecule has 0 saturated carbocycles. The summed E-state index contributed by atoms with van der Waals surface area (Å²) in [5, 5.41) is 0. The summed E-state index contributed by atoms with van der Waals surface area (Å²) < 4.78 is 26.1. The van der Waals surface area contributed by atoms with Crippen LogP contribution in [0.5, 0.6) is 0 Å². The predicted molar refractivity (Wildman–Crippen MR) is 72.0 cm³/mol. The van der Waals surface area contributed by atoms with E-state index in [1.54, 1.807) is 36.5 Å². The molecule has 0 amide bonds. The summed E-state index contributed by atoms with van der Waals surface area (Å²) in [6, 6.07) is 8.43. The third-order valence-corrected chi connectivity index (χ3v) is 5.76. The average molecular weight is 283 g/mol.